The first kappa shape index (κ1) is 17.8. The van der Waals surface area contributed by atoms with Gasteiger partial charge in [0.2, 0.25) is 0 Å². The van der Waals surface area contributed by atoms with Crippen LogP contribution in [-0.2, 0) is 9.47 Å². The van der Waals surface area contributed by atoms with Crippen molar-refractivity contribution in [1.29, 1.82) is 0 Å². The second-order valence-corrected chi connectivity index (χ2v) is 6.02. The van der Waals surface area contributed by atoms with Crippen LogP contribution in [0.25, 0.3) is 0 Å². The van der Waals surface area contributed by atoms with E-state index in [1.54, 1.807) is 14.2 Å². The topological polar surface area (TPSA) is 42.5 Å². The Kier molecular flexibility index (Phi) is 10.6. The van der Waals surface area contributed by atoms with E-state index >= 15 is 0 Å². The Morgan fingerprint density at radius 1 is 0.889 bits per heavy atom. The van der Waals surface area contributed by atoms with Gasteiger partial charge in [0.15, 0.2) is 0 Å². The number of rotatable bonds is 11. The average molecular weight is 260 g/mol. The molecule has 18 heavy (non-hydrogen) atoms. The summed E-state index contributed by atoms with van der Waals surface area (Å²) >= 11 is 0. The van der Waals surface area contributed by atoms with Crippen molar-refractivity contribution in [3.05, 3.63) is 0 Å². The molecule has 0 aromatic rings. The minimum Gasteiger partial charge on any atom is -0.383 e. The molecule has 2 N–H and O–H groups in total. The average Bonchev–Trinajstić information content (AvgIpc) is 2.28. The lowest BCUT2D eigenvalue weighted by Gasteiger charge is -2.26. The molecule has 0 saturated heterocycles. The van der Waals surface area contributed by atoms with E-state index in [-0.39, 0.29) is 0 Å². The molecular weight excluding hydrogens is 228 g/mol. The molecule has 0 bridgehead atoms. The zero-order chi connectivity index (χ0) is 13.9. The third-order valence-electron chi connectivity index (χ3n) is 2.73. The molecule has 4 nitrogen and oxygen atoms in total. The lowest BCUT2D eigenvalue weighted by molar-refractivity contribution is 0.189. The Bertz CT molecular complexity index is 169. The van der Waals surface area contributed by atoms with Crippen LogP contribution in [0.3, 0.4) is 0 Å². The third kappa shape index (κ3) is 12.3. The lowest BCUT2D eigenvalue weighted by Crippen LogP contribution is -2.36. The molecule has 0 aliphatic rings. The van der Waals surface area contributed by atoms with E-state index in [9.17, 15) is 0 Å². The molecule has 0 unspecified atom stereocenters. The summed E-state index contributed by atoms with van der Waals surface area (Å²) in [6.07, 6.45) is 1.22. The van der Waals surface area contributed by atoms with Crippen LogP contribution in [0.2, 0.25) is 0 Å². The highest BCUT2D eigenvalue weighted by Crippen LogP contribution is 2.23. The fourth-order valence-corrected chi connectivity index (χ4v) is 2.04. The van der Waals surface area contributed by atoms with Gasteiger partial charge in [-0.2, -0.15) is 0 Å². The van der Waals surface area contributed by atoms with Gasteiger partial charge in [-0.05, 0) is 30.8 Å². The van der Waals surface area contributed by atoms with Gasteiger partial charge in [-0.1, -0.05) is 20.8 Å². The van der Waals surface area contributed by atoms with Crippen LogP contribution in [0.4, 0.5) is 0 Å². The van der Waals surface area contributed by atoms with Gasteiger partial charge in [-0.15, -0.1) is 0 Å². The highest BCUT2D eigenvalue weighted by molar-refractivity contribution is 4.73. The first-order valence-electron chi connectivity index (χ1n) is 6.89. The van der Waals surface area contributed by atoms with Crippen molar-refractivity contribution < 1.29 is 9.47 Å². The summed E-state index contributed by atoms with van der Waals surface area (Å²) < 4.78 is 10.1. The van der Waals surface area contributed by atoms with Crippen molar-refractivity contribution in [3.8, 4) is 0 Å². The smallest absolute Gasteiger partial charge is 0.0587 e. The van der Waals surface area contributed by atoms with Gasteiger partial charge in [-0.3, -0.25) is 0 Å². The fraction of sp³-hybridized carbons (Fsp3) is 1.00. The molecule has 0 aromatic carbocycles. The minimum absolute atomic E-state index is 0.372. The maximum Gasteiger partial charge on any atom is 0.0587 e. The van der Waals surface area contributed by atoms with Crippen molar-refractivity contribution in [3.63, 3.8) is 0 Å². The first-order chi connectivity index (χ1) is 8.49. The predicted molar refractivity (Wildman–Crippen MR) is 77.1 cm³/mol. The molecule has 0 radical (unpaired) electrons. The summed E-state index contributed by atoms with van der Waals surface area (Å²) in [4.78, 5) is 0. The zero-order valence-electron chi connectivity index (χ0n) is 12.8. The van der Waals surface area contributed by atoms with E-state index in [1.165, 1.54) is 6.42 Å². The number of ether oxygens (including phenoxy) is 2. The Labute approximate surface area is 113 Å². The quantitative estimate of drug-likeness (QED) is 0.553. The van der Waals surface area contributed by atoms with Crippen molar-refractivity contribution in [2.75, 3.05) is 53.6 Å². The molecule has 4 heteroatoms. The number of hydrogen-bond acceptors (Lipinski definition) is 4. The molecule has 110 valence electrons. The Morgan fingerprint density at radius 3 is 1.67 bits per heavy atom. The van der Waals surface area contributed by atoms with E-state index in [1.807, 2.05) is 0 Å². The summed E-state index contributed by atoms with van der Waals surface area (Å²) in [5.41, 5.74) is 0.372. The SMILES string of the molecule is COCCNCC(CNCCOC)CC(C)(C)C. The van der Waals surface area contributed by atoms with E-state index < -0.39 is 0 Å². The van der Waals surface area contributed by atoms with Crippen molar-refractivity contribution in [1.82, 2.24) is 10.6 Å². The summed E-state index contributed by atoms with van der Waals surface area (Å²) in [7, 11) is 3.47. The van der Waals surface area contributed by atoms with Gasteiger partial charge in [0.1, 0.15) is 0 Å². The molecule has 0 heterocycles. The number of nitrogens with one attached hydrogen (secondary N) is 2. The van der Waals surface area contributed by atoms with Crippen molar-refractivity contribution >= 4 is 0 Å². The third-order valence-corrected chi connectivity index (χ3v) is 2.73. The Hall–Kier alpha value is -0.160. The summed E-state index contributed by atoms with van der Waals surface area (Å²) in [5, 5.41) is 6.91. The standard InChI is InChI=1S/C14H32N2O2/c1-14(2,3)10-13(11-15-6-8-17-4)12-16-7-9-18-5/h13,15-16H,6-12H2,1-5H3. The van der Waals surface area contributed by atoms with Gasteiger partial charge in [0.05, 0.1) is 13.2 Å². The summed E-state index contributed by atoms with van der Waals surface area (Å²) in [6, 6.07) is 0. The summed E-state index contributed by atoms with van der Waals surface area (Å²) in [6.45, 7) is 12.4. The Balaban J connectivity index is 3.85. The van der Waals surface area contributed by atoms with Gasteiger partial charge in [0.25, 0.3) is 0 Å². The van der Waals surface area contributed by atoms with Gasteiger partial charge < -0.3 is 20.1 Å². The number of hydrogen-bond donors (Lipinski definition) is 2. The maximum absolute atomic E-state index is 5.04. The molecule has 0 amide bonds. The second kappa shape index (κ2) is 10.7. The molecular formula is C14H32N2O2. The predicted octanol–water partition coefficient (Wildman–Crippen LogP) is 1.51. The van der Waals surface area contributed by atoms with E-state index in [4.69, 9.17) is 9.47 Å². The van der Waals surface area contributed by atoms with Crippen LogP contribution >= 0.6 is 0 Å². The highest BCUT2D eigenvalue weighted by Gasteiger charge is 2.18. The van der Waals surface area contributed by atoms with E-state index in [2.05, 4.69) is 31.4 Å². The van der Waals surface area contributed by atoms with Gasteiger partial charge in [0, 0.05) is 27.3 Å². The highest BCUT2D eigenvalue weighted by atomic mass is 16.5. The van der Waals surface area contributed by atoms with Crippen LogP contribution in [-0.4, -0.2) is 53.6 Å². The molecule has 0 spiro atoms. The fourth-order valence-electron chi connectivity index (χ4n) is 2.04. The first-order valence-corrected chi connectivity index (χ1v) is 6.89. The van der Waals surface area contributed by atoms with Crippen LogP contribution < -0.4 is 10.6 Å². The van der Waals surface area contributed by atoms with Crippen LogP contribution in [0.5, 0.6) is 0 Å². The van der Waals surface area contributed by atoms with Crippen LogP contribution in [0.1, 0.15) is 27.2 Å². The second-order valence-electron chi connectivity index (χ2n) is 6.02. The summed E-state index contributed by atoms with van der Waals surface area (Å²) in [5.74, 6) is 0.652. The van der Waals surface area contributed by atoms with Crippen molar-refractivity contribution in [2.24, 2.45) is 11.3 Å². The van der Waals surface area contributed by atoms with Gasteiger partial charge >= 0.3 is 0 Å². The van der Waals surface area contributed by atoms with Crippen LogP contribution in [0, 0.1) is 11.3 Å². The lowest BCUT2D eigenvalue weighted by atomic mass is 9.84. The maximum atomic E-state index is 5.04. The number of methoxy groups -OCH3 is 2. The monoisotopic (exact) mass is 260 g/mol. The molecule has 0 rings (SSSR count). The minimum atomic E-state index is 0.372. The molecule has 0 atom stereocenters. The Morgan fingerprint density at radius 2 is 1.33 bits per heavy atom. The molecule has 0 fully saturated rings. The van der Waals surface area contributed by atoms with Gasteiger partial charge in [-0.25, -0.2) is 0 Å². The van der Waals surface area contributed by atoms with Crippen molar-refractivity contribution in [2.45, 2.75) is 27.2 Å². The molecule has 0 aliphatic carbocycles. The van der Waals surface area contributed by atoms with E-state index in [0.29, 0.717) is 11.3 Å². The molecule has 0 saturated carbocycles. The normalized spacial score (nSPS) is 12.3. The molecule has 0 aliphatic heterocycles. The molecule has 0 aromatic heterocycles. The largest absolute Gasteiger partial charge is 0.383 e. The van der Waals surface area contributed by atoms with E-state index in [0.717, 1.165) is 39.4 Å². The zero-order valence-corrected chi connectivity index (χ0v) is 12.8. The van der Waals surface area contributed by atoms with Crippen LogP contribution in [0.15, 0.2) is 0 Å².